The predicted octanol–water partition coefficient (Wildman–Crippen LogP) is 2.67. The minimum Gasteiger partial charge on any atom is -0.313 e. The summed E-state index contributed by atoms with van der Waals surface area (Å²) in [6, 6.07) is 5.75. The lowest BCUT2D eigenvalue weighted by Gasteiger charge is -2.21. The third-order valence-corrected chi connectivity index (χ3v) is 6.06. The third-order valence-electron chi connectivity index (χ3n) is 4.01. The zero-order valence-electron chi connectivity index (χ0n) is 13.1. The second-order valence-corrected chi connectivity index (χ2v) is 7.60. The van der Waals surface area contributed by atoms with Crippen molar-refractivity contribution >= 4 is 10.0 Å². The van der Waals surface area contributed by atoms with E-state index in [1.807, 2.05) is 32.0 Å². The maximum Gasteiger partial charge on any atom is 0.243 e. The number of nitrogens with one attached hydrogen (secondary N) is 1. The van der Waals surface area contributed by atoms with Gasteiger partial charge in [0, 0.05) is 19.6 Å². The van der Waals surface area contributed by atoms with E-state index in [4.69, 9.17) is 0 Å². The molecule has 0 aromatic heterocycles. The van der Waals surface area contributed by atoms with Crippen molar-refractivity contribution in [2.45, 2.75) is 51.0 Å². The van der Waals surface area contributed by atoms with Gasteiger partial charge in [0.1, 0.15) is 0 Å². The van der Waals surface area contributed by atoms with Gasteiger partial charge in [-0.25, -0.2) is 8.42 Å². The summed E-state index contributed by atoms with van der Waals surface area (Å²) < 4.78 is 27.5. The molecule has 0 saturated carbocycles. The summed E-state index contributed by atoms with van der Waals surface area (Å²) in [6.45, 7) is 6.81. The fourth-order valence-electron chi connectivity index (χ4n) is 2.72. The van der Waals surface area contributed by atoms with Gasteiger partial charge in [-0.05, 0) is 43.5 Å². The van der Waals surface area contributed by atoms with E-state index in [0.717, 1.165) is 43.4 Å². The molecule has 118 valence electrons. The maximum atomic E-state index is 12.9. The van der Waals surface area contributed by atoms with Gasteiger partial charge in [-0.1, -0.05) is 31.9 Å². The number of benzene rings is 1. The monoisotopic (exact) mass is 310 g/mol. The van der Waals surface area contributed by atoms with E-state index in [0.29, 0.717) is 24.5 Å². The van der Waals surface area contributed by atoms with E-state index in [1.54, 1.807) is 4.31 Å². The molecule has 1 heterocycles. The summed E-state index contributed by atoms with van der Waals surface area (Å²) in [6.07, 6.45) is 4.20. The van der Waals surface area contributed by atoms with Crippen molar-refractivity contribution < 1.29 is 8.42 Å². The Balaban J connectivity index is 2.29. The van der Waals surface area contributed by atoms with Crippen LogP contribution in [0.3, 0.4) is 0 Å². The van der Waals surface area contributed by atoms with Gasteiger partial charge in [-0.15, -0.1) is 0 Å². The highest BCUT2D eigenvalue weighted by molar-refractivity contribution is 7.89. The number of hydrogen-bond acceptors (Lipinski definition) is 3. The zero-order valence-corrected chi connectivity index (χ0v) is 13.9. The van der Waals surface area contributed by atoms with Gasteiger partial charge in [0.15, 0.2) is 0 Å². The zero-order chi connectivity index (χ0) is 15.3. The molecule has 5 heteroatoms. The Hall–Kier alpha value is -0.910. The Labute approximate surface area is 128 Å². The normalized spacial score (nSPS) is 17.6. The average Bonchev–Trinajstić information content (AvgIpc) is 2.75. The molecule has 1 aliphatic rings. The maximum absolute atomic E-state index is 12.9. The number of sulfonamides is 1. The molecule has 1 N–H and O–H groups in total. The lowest BCUT2D eigenvalue weighted by molar-refractivity contribution is 0.423. The lowest BCUT2D eigenvalue weighted by Crippen LogP contribution is -2.32. The Kier molecular flexibility index (Phi) is 5.79. The minimum atomic E-state index is -3.36. The molecule has 0 spiro atoms. The molecule has 1 saturated heterocycles. The Morgan fingerprint density at radius 3 is 2.43 bits per heavy atom. The van der Waals surface area contributed by atoms with Gasteiger partial charge in [-0.2, -0.15) is 4.31 Å². The fourth-order valence-corrected chi connectivity index (χ4v) is 4.52. The van der Waals surface area contributed by atoms with Crippen LogP contribution in [0.5, 0.6) is 0 Å². The van der Waals surface area contributed by atoms with Gasteiger partial charge < -0.3 is 5.32 Å². The van der Waals surface area contributed by atoms with Gasteiger partial charge in [-0.3, -0.25) is 0 Å². The molecular weight excluding hydrogens is 284 g/mol. The van der Waals surface area contributed by atoms with Crippen molar-refractivity contribution in [2.24, 2.45) is 0 Å². The molecule has 4 nitrogen and oxygen atoms in total. The van der Waals surface area contributed by atoms with Crippen LogP contribution in [0.1, 0.15) is 43.7 Å². The summed E-state index contributed by atoms with van der Waals surface area (Å²) in [5, 5.41) is 3.24. The first-order valence-corrected chi connectivity index (χ1v) is 9.30. The number of aryl methyl sites for hydroxylation is 1. The molecule has 1 aliphatic heterocycles. The first-order valence-electron chi connectivity index (χ1n) is 7.86. The average molecular weight is 310 g/mol. The van der Waals surface area contributed by atoms with Crippen molar-refractivity contribution in [3.05, 3.63) is 29.3 Å². The van der Waals surface area contributed by atoms with Gasteiger partial charge in [0.2, 0.25) is 10.0 Å². The Morgan fingerprint density at radius 1 is 1.14 bits per heavy atom. The Bertz CT molecular complexity index is 562. The van der Waals surface area contributed by atoms with Crippen LogP contribution >= 0.6 is 0 Å². The molecule has 21 heavy (non-hydrogen) atoms. The van der Waals surface area contributed by atoms with Gasteiger partial charge in [0.25, 0.3) is 0 Å². The summed E-state index contributed by atoms with van der Waals surface area (Å²) >= 11 is 0. The van der Waals surface area contributed by atoms with Crippen molar-refractivity contribution in [1.29, 1.82) is 0 Å². The summed E-state index contributed by atoms with van der Waals surface area (Å²) in [5.41, 5.74) is 1.86. The molecule has 0 radical (unpaired) electrons. The highest BCUT2D eigenvalue weighted by Crippen LogP contribution is 2.24. The Morgan fingerprint density at radius 2 is 1.81 bits per heavy atom. The second-order valence-electron chi connectivity index (χ2n) is 5.70. The quantitative estimate of drug-likeness (QED) is 0.909. The molecule has 1 aromatic carbocycles. The first-order chi connectivity index (χ1) is 10.1. The van der Waals surface area contributed by atoms with Crippen molar-refractivity contribution in [3.8, 4) is 0 Å². The van der Waals surface area contributed by atoms with Crippen molar-refractivity contribution in [3.63, 3.8) is 0 Å². The molecule has 0 atom stereocenters. The number of hydrogen-bond donors (Lipinski definition) is 1. The molecule has 2 rings (SSSR count). The molecular formula is C16H26N2O2S. The van der Waals surface area contributed by atoms with Crippen LogP contribution in [0.25, 0.3) is 0 Å². The highest BCUT2D eigenvalue weighted by atomic mass is 32.2. The van der Waals surface area contributed by atoms with Crippen molar-refractivity contribution in [2.75, 3.05) is 19.6 Å². The van der Waals surface area contributed by atoms with Crippen LogP contribution in [0.4, 0.5) is 0 Å². The molecule has 1 fully saturated rings. The molecule has 1 aromatic rings. The number of rotatable bonds is 5. The van der Waals surface area contributed by atoms with E-state index in [9.17, 15) is 8.42 Å². The first kappa shape index (κ1) is 16.5. The minimum absolute atomic E-state index is 0.472. The molecule has 0 bridgehead atoms. The van der Waals surface area contributed by atoms with Crippen LogP contribution in [0.2, 0.25) is 0 Å². The molecule has 0 unspecified atom stereocenters. The van der Waals surface area contributed by atoms with Crippen molar-refractivity contribution in [1.82, 2.24) is 9.62 Å². The van der Waals surface area contributed by atoms with Crippen LogP contribution in [0.15, 0.2) is 23.1 Å². The van der Waals surface area contributed by atoms with Gasteiger partial charge in [0.05, 0.1) is 4.90 Å². The van der Waals surface area contributed by atoms with E-state index >= 15 is 0 Å². The topological polar surface area (TPSA) is 49.4 Å². The predicted molar refractivity (Wildman–Crippen MR) is 85.8 cm³/mol. The van der Waals surface area contributed by atoms with E-state index in [2.05, 4.69) is 5.32 Å². The van der Waals surface area contributed by atoms with E-state index < -0.39 is 10.0 Å². The molecule has 0 amide bonds. The smallest absolute Gasteiger partial charge is 0.243 e. The van der Waals surface area contributed by atoms with E-state index in [-0.39, 0.29) is 0 Å². The number of nitrogens with zero attached hydrogens (tertiary/aromatic N) is 1. The summed E-state index contributed by atoms with van der Waals surface area (Å²) in [4.78, 5) is 0.472. The van der Waals surface area contributed by atoms with Crippen LogP contribution < -0.4 is 5.32 Å². The largest absolute Gasteiger partial charge is 0.313 e. The fraction of sp³-hybridized carbons (Fsp3) is 0.625. The standard InChI is InChI=1S/C16H26N2O2S/c1-3-17-13-15-9-8-14(2)16(12-15)21(19,20)18-10-6-4-5-7-11-18/h8-9,12,17H,3-7,10-11,13H2,1-2H3. The molecule has 0 aliphatic carbocycles. The lowest BCUT2D eigenvalue weighted by atomic mass is 10.1. The highest BCUT2D eigenvalue weighted by Gasteiger charge is 2.26. The van der Waals surface area contributed by atoms with E-state index in [1.165, 1.54) is 0 Å². The van der Waals surface area contributed by atoms with Crippen LogP contribution in [-0.2, 0) is 16.6 Å². The summed E-state index contributed by atoms with van der Waals surface area (Å²) in [7, 11) is -3.36. The second kappa shape index (κ2) is 7.38. The summed E-state index contributed by atoms with van der Waals surface area (Å²) in [5.74, 6) is 0. The SMILES string of the molecule is CCNCc1ccc(C)c(S(=O)(=O)N2CCCCCC2)c1. The van der Waals surface area contributed by atoms with Crippen LogP contribution in [0, 0.1) is 6.92 Å². The third kappa shape index (κ3) is 4.05. The van der Waals surface area contributed by atoms with Crippen LogP contribution in [-0.4, -0.2) is 32.4 Å². The van der Waals surface area contributed by atoms with Gasteiger partial charge >= 0.3 is 0 Å².